The quantitative estimate of drug-likeness (QED) is 0.865. The molecule has 1 aromatic heterocycles. The molecule has 0 radical (unpaired) electrons. The zero-order chi connectivity index (χ0) is 13.8. The number of amides is 2. The summed E-state index contributed by atoms with van der Waals surface area (Å²) in [5.41, 5.74) is 1.30. The van der Waals surface area contributed by atoms with Gasteiger partial charge in [0.25, 0.3) is 5.91 Å². The molecule has 0 bridgehead atoms. The smallest absolute Gasteiger partial charge is 0.262 e. The fraction of sp³-hybridized carbons (Fsp3) is 0.571. The van der Waals surface area contributed by atoms with E-state index in [2.05, 4.69) is 10.6 Å². The predicted octanol–water partition coefficient (Wildman–Crippen LogP) is 1.88. The Labute approximate surface area is 117 Å². The second kappa shape index (κ2) is 6.19. The second-order valence-electron chi connectivity index (χ2n) is 4.90. The molecule has 2 amide bonds. The van der Waals surface area contributed by atoms with Crippen LogP contribution in [0.15, 0.2) is 6.07 Å². The Morgan fingerprint density at radius 3 is 2.89 bits per heavy atom. The van der Waals surface area contributed by atoms with E-state index < -0.39 is 6.04 Å². The predicted molar refractivity (Wildman–Crippen MR) is 76.6 cm³/mol. The maximum absolute atomic E-state index is 12.1. The topological polar surface area (TPSA) is 58.2 Å². The minimum atomic E-state index is -0.490. The summed E-state index contributed by atoms with van der Waals surface area (Å²) in [4.78, 5) is 25.8. The standard InChI is InChI=1S/C14H20N2O2S/c1-3-7-15-13(17)9(2)16-14(18)12-8-10-5-4-6-11(10)19-12/h8-9H,3-7H2,1-2H3,(H,15,17)(H,16,18). The number of rotatable bonds is 5. The average Bonchev–Trinajstić information content (AvgIpc) is 2.96. The molecule has 0 aliphatic heterocycles. The van der Waals surface area contributed by atoms with E-state index in [4.69, 9.17) is 0 Å². The lowest BCUT2D eigenvalue weighted by atomic mass is 10.2. The molecule has 4 nitrogen and oxygen atoms in total. The molecule has 1 aliphatic carbocycles. The Bertz CT molecular complexity index is 460. The first-order valence-electron chi connectivity index (χ1n) is 6.82. The molecule has 1 heterocycles. The Morgan fingerprint density at radius 2 is 2.21 bits per heavy atom. The molecule has 1 atom stereocenters. The van der Waals surface area contributed by atoms with Gasteiger partial charge in [-0.05, 0) is 44.2 Å². The van der Waals surface area contributed by atoms with Gasteiger partial charge in [-0.2, -0.15) is 0 Å². The molecule has 0 fully saturated rings. The number of hydrogen-bond donors (Lipinski definition) is 2. The van der Waals surface area contributed by atoms with E-state index in [1.807, 2.05) is 13.0 Å². The molecule has 2 N–H and O–H groups in total. The molecule has 104 valence electrons. The first-order valence-corrected chi connectivity index (χ1v) is 7.63. The Kier molecular flexibility index (Phi) is 4.58. The van der Waals surface area contributed by atoms with Gasteiger partial charge in [-0.15, -0.1) is 11.3 Å². The number of aryl methyl sites for hydroxylation is 2. The normalized spacial score (nSPS) is 14.8. The highest BCUT2D eigenvalue weighted by atomic mass is 32.1. The molecular formula is C14H20N2O2S. The summed E-state index contributed by atoms with van der Waals surface area (Å²) < 4.78 is 0. The van der Waals surface area contributed by atoms with Crippen molar-refractivity contribution in [2.75, 3.05) is 6.54 Å². The monoisotopic (exact) mass is 280 g/mol. The van der Waals surface area contributed by atoms with E-state index in [-0.39, 0.29) is 11.8 Å². The molecular weight excluding hydrogens is 260 g/mol. The fourth-order valence-corrected chi connectivity index (χ4v) is 3.33. The van der Waals surface area contributed by atoms with E-state index in [0.29, 0.717) is 6.54 Å². The first kappa shape index (κ1) is 14.1. The van der Waals surface area contributed by atoms with Crippen LogP contribution in [-0.4, -0.2) is 24.4 Å². The lowest BCUT2D eigenvalue weighted by Gasteiger charge is -2.13. The van der Waals surface area contributed by atoms with Crippen molar-refractivity contribution in [3.8, 4) is 0 Å². The largest absolute Gasteiger partial charge is 0.354 e. The van der Waals surface area contributed by atoms with Crippen LogP contribution in [0.1, 0.15) is 46.8 Å². The second-order valence-corrected chi connectivity index (χ2v) is 6.04. The van der Waals surface area contributed by atoms with Crippen LogP contribution < -0.4 is 10.6 Å². The molecule has 1 unspecified atom stereocenters. The lowest BCUT2D eigenvalue weighted by molar-refractivity contribution is -0.122. The number of carbonyl (C=O) groups is 2. The molecule has 5 heteroatoms. The van der Waals surface area contributed by atoms with Crippen LogP contribution in [0.2, 0.25) is 0 Å². The van der Waals surface area contributed by atoms with Crippen molar-refractivity contribution in [2.24, 2.45) is 0 Å². The van der Waals surface area contributed by atoms with Gasteiger partial charge in [0.05, 0.1) is 4.88 Å². The van der Waals surface area contributed by atoms with Gasteiger partial charge in [-0.25, -0.2) is 0 Å². The van der Waals surface area contributed by atoms with Gasteiger partial charge in [0.2, 0.25) is 5.91 Å². The molecule has 19 heavy (non-hydrogen) atoms. The summed E-state index contributed by atoms with van der Waals surface area (Å²) >= 11 is 1.56. The van der Waals surface area contributed by atoms with Crippen molar-refractivity contribution in [3.05, 3.63) is 21.4 Å². The number of fused-ring (bicyclic) bond motifs is 1. The van der Waals surface area contributed by atoms with Gasteiger partial charge in [-0.3, -0.25) is 9.59 Å². The van der Waals surface area contributed by atoms with Gasteiger partial charge >= 0.3 is 0 Å². The van der Waals surface area contributed by atoms with E-state index in [1.54, 1.807) is 18.3 Å². The van der Waals surface area contributed by atoms with Gasteiger partial charge < -0.3 is 10.6 Å². The highest BCUT2D eigenvalue weighted by Crippen LogP contribution is 2.30. The molecule has 0 saturated carbocycles. The van der Waals surface area contributed by atoms with Crippen LogP contribution in [0.3, 0.4) is 0 Å². The molecule has 1 aliphatic rings. The third-order valence-corrected chi connectivity index (χ3v) is 4.50. The summed E-state index contributed by atoms with van der Waals surface area (Å²) in [6.07, 6.45) is 4.24. The van der Waals surface area contributed by atoms with E-state index in [9.17, 15) is 9.59 Å². The summed E-state index contributed by atoms with van der Waals surface area (Å²) in [6.45, 7) is 4.35. The van der Waals surface area contributed by atoms with Crippen molar-refractivity contribution in [2.45, 2.75) is 45.6 Å². The Hall–Kier alpha value is -1.36. The minimum absolute atomic E-state index is 0.126. The van der Waals surface area contributed by atoms with E-state index in [1.165, 1.54) is 16.9 Å². The molecule has 2 rings (SSSR count). The number of thiophene rings is 1. The van der Waals surface area contributed by atoms with Crippen LogP contribution >= 0.6 is 11.3 Å². The van der Waals surface area contributed by atoms with Crippen molar-refractivity contribution in [1.82, 2.24) is 10.6 Å². The highest BCUT2D eigenvalue weighted by molar-refractivity contribution is 7.14. The summed E-state index contributed by atoms with van der Waals surface area (Å²) in [5, 5.41) is 5.53. The third-order valence-electron chi connectivity index (χ3n) is 3.26. The summed E-state index contributed by atoms with van der Waals surface area (Å²) in [7, 11) is 0. The zero-order valence-electron chi connectivity index (χ0n) is 11.4. The third kappa shape index (κ3) is 3.35. The fourth-order valence-electron chi connectivity index (χ4n) is 2.18. The van der Waals surface area contributed by atoms with Crippen molar-refractivity contribution in [1.29, 1.82) is 0 Å². The molecule has 0 aromatic carbocycles. The van der Waals surface area contributed by atoms with Gasteiger partial charge in [0.15, 0.2) is 0 Å². The maximum Gasteiger partial charge on any atom is 0.262 e. The highest BCUT2D eigenvalue weighted by Gasteiger charge is 2.21. The van der Waals surface area contributed by atoms with Crippen LogP contribution in [-0.2, 0) is 17.6 Å². The summed E-state index contributed by atoms with van der Waals surface area (Å²) in [5.74, 6) is -0.266. The number of nitrogens with one attached hydrogen (secondary N) is 2. The van der Waals surface area contributed by atoms with Gasteiger partial charge in [-0.1, -0.05) is 6.92 Å². The van der Waals surface area contributed by atoms with Crippen LogP contribution in [0.4, 0.5) is 0 Å². The maximum atomic E-state index is 12.1. The zero-order valence-corrected chi connectivity index (χ0v) is 12.2. The summed E-state index contributed by atoms with van der Waals surface area (Å²) in [6, 6.07) is 1.48. The Morgan fingerprint density at radius 1 is 1.42 bits per heavy atom. The van der Waals surface area contributed by atoms with E-state index >= 15 is 0 Å². The molecule has 0 spiro atoms. The Balaban J connectivity index is 1.91. The van der Waals surface area contributed by atoms with Crippen molar-refractivity contribution in [3.63, 3.8) is 0 Å². The van der Waals surface area contributed by atoms with Crippen molar-refractivity contribution < 1.29 is 9.59 Å². The lowest BCUT2D eigenvalue weighted by Crippen LogP contribution is -2.44. The average molecular weight is 280 g/mol. The SMILES string of the molecule is CCCNC(=O)C(C)NC(=O)c1cc2c(s1)CCC2. The van der Waals surface area contributed by atoms with Crippen molar-refractivity contribution >= 4 is 23.2 Å². The van der Waals surface area contributed by atoms with Crippen LogP contribution in [0.5, 0.6) is 0 Å². The van der Waals surface area contributed by atoms with Gasteiger partial charge in [0, 0.05) is 11.4 Å². The molecule has 1 aromatic rings. The van der Waals surface area contributed by atoms with E-state index in [0.717, 1.165) is 24.1 Å². The van der Waals surface area contributed by atoms with Crippen LogP contribution in [0.25, 0.3) is 0 Å². The van der Waals surface area contributed by atoms with Gasteiger partial charge in [0.1, 0.15) is 6.04 Å². The molecule has 0 saturated heterocycles. The number of carbonyl (C=O) groups excluding carboxylic acids is 2. The van der Waals surface area contributed by atoms with Crippen LogP contribution in [0, 0.1) is 0 Å². The first-order chi connectivity index (χ1) is 9.11. The number of hydrogen-bond acceptors (Lipinski definition) is 3. The minimum Gasteiger partial charge on any atom is -0.354 e.